The summed E-state index contributed by atoms with van der Waals surface area (Å²) in [5.74, 6) is 0. The van der Waals surface area contributed by atoms with Crippen molar-refractivity contribution in [2.45, 2.75) is 26.3 Å². The van der Waals surface area contributed by atoms with Crippen molar-refractivity contribution in [1.29, 1.82) is 0 Å². The van der Waals surface area contributed by atoms with Crippen LogP contribution in [0.5, 0.6) is 0 Å². The average molecular weight is 227 g/mol. The molecule has 0 fully saturated rings. The van der Waals surface area contributed by atoms with E-state index in [1.165, 1.54) is 0 Å². The predicted octanol–water partition coefficient (Wildman–Crippen LogP) is 3.57. The second kappa shape index (κ2) is 4.21. The third-order valence-corrected chi connectivity index (χ3v) is 2.74. The number of hydrogen-bond acceptors (Lipinski definition) is 1. The number of benzene rings is 2. The fourth-order valence-corrected chi connectivity index (χ4v) is 1.68. The van der Waals surface area contributed by atoms with Gasteiger partial charge in [0.25, 0.3) is 0 Å². The summed E-state index contributed by atoms with van der Waals surface area (Å²) < 4.78 is 1.01. The summed E-state index contributed by atoms with van der Waals surface area (Å²) in [5.41, 5.74) is 0.560. The minimum atomic E-state index is -0.406. The zero-order valence-corrected chi connectivity index (χ0v) is 10.5. The zero-order chi connectivity index (χ0) is 12.5. The maximum Gasteiger partial charge on any atom is 0.182 e. The van der Waals surface area contributed by atoms with Gasteiger partial charge >= 0.3 is 0 Å². The molecule has 0 atom stereocenters. The van der Waals surface area contributed by atoms with Crippen LogP contribution in [0.2, 0.25) is 0 Å². The maximum absolute atomic E-state index is 11.9. The monoisotopic (exact) mass is 227 g/mol. The summed E-state index contributed by atoms with van der Waals surface area (Å²) in [5, 5.41) is 14.2. The van der Waals surface area contributed by atoms with Gasteiger partial charge in [0.2, 0.25) is 0 Å². The fourth-order valence-electron chi connectivity index (χ4n) is 1.68. The van der Waals surface area contributed by atoms with E-state index in [0.717, 1.165) is 21.1 Å². The van der Waals surface area contributed by atoms with Crippen molar-refractivity contribution in [2.24, 2.45) is 0 Å². The Kier molecular flexibility index (Phi) is 2.88. The molecule has 0 heterocycles. The first-order chi connectivity index (χ1) is 7.98. The number of nitrogens with zero attached hydrogens (tertiary/aromatic N) is 1. The third-order valence-electron chi connectivity index (χ3n) is 2.74. The van der Waals surface area contributed by atoms with Gasteiger partial charge in [-0.2, -0.15) is 0 Å². The molecule has 17 heavy (non-hydrogen) atoms. The van der Waals surface area contributed by atoms with Gasteiger partial charge in [-0.15, -0.1) is 0 Å². The van der Waals surface area contributed by atoms with Gasteiger partial charge in [0.1, 0.15) is 0 Å². The van der Waals surface area contributed by atoms with Gasteiger partial charge in [-0.3, -0.25) is 0 Å². The van der Waals surface area contributed by atoms with E-state index < -0.39 is 5.54 Å². The van der Waals surface area contributed by atoms with Gasteiger partial charge in [-0.05, 0) is 16.8 Å². The number of hydroxylamine groups is 1. The molecule has 0 aliphatic carbocycles. The summed E-state index contributed by atoms with van der Waals surface area (Å²) >= 11 is 0. The molecule has 2 nitrogen and oxygen atoms in total. The lowest BCUT2D eigenvalue weighted by molar-refractivity contribution is -0.530. The molecule has 0 amide bonds. The van der Waals surface area contributed by atoms with Gasteiger partial charge in [0.15, 0.2) is 11.8 Å². The molecule has 2 aromatic carbocycles. The largest absolute Gasteiger partial charge is 0.623 e. The molecule has 0 bridgehead atoms. The van der Waals surface area contributed by atoms with E-state index in [4.69, 9.17) is 0 Å². The molecule has 0 unspecified atom stereocenters. The average Bonchev–Trinajstić information content (AvgIpc) is 2.28. The Labute approximate surface area is 102 Å². The van der Waals surface area contributed by atoms with Crippen LogP contribution in [0.25, 0.3) is 10.8 Å². The molecule has 0 saturated carbocycles. The first-order valence-corrected chi connectivity index (χ1v) is 5.77. The molecule has 0 radical (unpaired) electrons. The first kappa shape index (κ1) is 11.6. The SMILES string of the molecule is CC(C)(C)[N+]([O-])=Cc1cccc2ccccc12. The van der Waals surface area contributed by atoms with Crippen LogP contribution < -0.4 is 0 Å². The maximum atomic E-state index is 11.9. The summed E-state index contributed by atoms with van der Waals surface area (Å²) in [6.45, 7) is 5.71. The molecule has 0 aromatic heterocycles. The minimum Gasteiger partial charge on any atom is -0.623 e. The fraction of sp³-hybridized carbons (Fsp3) is 0.267. The number of fused-ring (bicyclic) bond motifs is 1. The molecular weight excluding hydrogens is 210 g/mol. The Morgan fingerprint density at radius 1 is 1.00 bits per heavy atom. The summed E-state index contributed by atoms with van der Waals surface area (Å²) in [7, 11) is 0. The third kappa shape index (κ3) is 2.47. The molecule has 2 aromatic rings. The van der Waals surface area contributed by atoms with Crippen molar-refractivity contribution in [2.75, 3.05) is 0 Å². The molecule has 0 spiro atoms. The van der Waals surface area contributed by atoms with E-state index in [2.05, 4.69) is 12.1 Å². The lowest BCUT2D eigenvalue weighted by atomic mass is 10.0. The minimum absolute atomic E-state index is 0.406. The molecule has 0 N–H and O–H groups in total. The van der Waals surface area contributed by atoms with Crippen molar-refractivity contribution < 1.29 is 4.74 Å². The Bertz CT molecular complexity index is 559. The smallest absolute Gasteiger partial charge is 0.182 e. The van der Waals surface area contributed by atoms with Crippen LogP contribution in [0.3, 0.4) is 0 Å². The van der Waals surface area contributed by atoms with Crippen LogP contribution in [0.15, 0.2) is 42.5 Å². The van der Waals surface area contributed by atoms with E-state index in [0.29, 0.717) is 0 Å². The lowest BCUT2D eigenvalue weighted by Gasteiger charge is -2.18. The van der Waals surface area contributed by atoms with Crippen LogP contribution in [0.1, 0.15) is 26.3 Å². The van der Waals surface area contributed by atoms with E-state index in [9.17, 15) is 5.21 Å². The van der Waals surface area contributed by atoms with Crippen LogP contribution >= 0.6 is 0 Å². The molecule has 0 saturated heterocycles. The second-order valence-electron chi connectivity index (χ2n) is 5.19. The van der Waals surface area contributed by atoms with E-state index >= 15 is 0 Å². The number of hydrogen-bond donors (Lipinski definition) is 0. The highest BCUT2D eigenvalue weighted by atomic mass is 16.5. The number of rotatable bonds is 1. The highest BCUT2D eigenvalue weighted by Gasteiger charge is 2.18. The molecule has 2 rings (SSSR count). The Balaban J connectivity index is 2.57. The molecule has 0 aliphatic heterocycles. The highest BCUT2D eigenvalue weighted by Crippen LogP contribution is 2.17. The van der Waals surface area contributed by atoms with Crippen LogP contribution in [-0.2, 0) is 0 Å². The zero-order valence-electron chi connectivity index (χ0n) is 10.5. The Hall–Kier alpha value is -1.83. The van der Waals surface area contributed by atoms with Crippen LogP contribution in [0.4, 0.5) is 0 Å². The first-order valence-electron chi connectivity index (χ1n) is 5.77. The molecular formula is C15H17NO. The highest BCUT2D eigenvalue weighted by molar-refractivity contribution is 5.98. The topological polar surface area (TPSA) is 26.1 Å². The van der Waals surface area contributed by atoms with Crippen LogP contribution in [-0.4, -0.2) is 16.5 Å². The summed E-state index contributed by atoms with van der Waals surface area (Å²) in [6.07, 6.45) is 1.67. The van der Waals surface area contributed by atoms with Crippen molar-refractivity contribution >= 4 is 17.0 Å². The van der Waals surface area contributed by atoms with Gasteiger partial charge in [0.05, 0.1) is 0 Å². The summed E-state index contributed by atoms with van der Waals surface area (Å²) in [4.78, 5) is 0. The normalized spacial score (nSPS) is 13.0. The van der Waals surface area contributed by atoms with Crippen molar-refractivity contribution in [3.05, 3.63) is 53.2 Å². The van der Waals surface area contributed by atoms with E-state index in [1.807, 2.05) is 51.1 Å². The lowest BCUT2D eigenvalue weighted by Crippen LogP contribution is -2.29. The molecule has 2 heteroatoms. The Morgan fingerprint density at radius 3 is 2.35 bits per heavy atom. The van der Waals surface area contributed by atoms with Gasteiger partial charge in [0, 0.05) is 26.3 Å². The van der Waals surface area contributed by atoms with E-state index in [-0.39, 0.29) is 0 Å². The predicted molar refractivity (Wildman–Crippen MR) is 72.5 cm³/mol. The summed E-state index contributed by atoms with van der Waals surface area (Å²) in [6, 6.07) is 14.1. The van der Waals surface area contributed by atoms with Crippen molar-refractivity contribution in [1.82, 2.24) is 0 Å². The standard InChI is InChI=1S/C15H17NO/c1-15(2,3)16(17)11-13-9-6-8-12-7-4-5-10-14(12)13/h4-11H,1-3H3. The Morgan fingerprint density at radius 2 is 1.65 bits per heavy atom. The second-order valence-corrected chi connectivity index (χ2v) is 5.19. The quantitative estimate of drug-likeness (QED) is 0.316. The van der Waals surface area contributed by atoms with Gasteiger partial charge in [-0.1, -0.05) is 36.4 Å². The van der Waals surface area contributed by atoms with Crippen molar-refractivity contribution in [3.8, 4) is 0 Å². The molecule has 0 aliphatic rings. The molecule has 88 valence electrons. The van der Waals surface area contributed by atoms with Crippen molar-refractivity contribution in [3.63, 3.8) is 0 Å². The van der Waals surface area contributed by atoms with Crippen LogP contribution in [0, 0.1) is 5.21 Å². The van der Waals surface area contributed by atoms with Gasteiger partial charge in [-0.25, -0.2) is 4.74 Å². The van der Waals surface area contributed by atoms with E-state index in [1.54, 1.807) is 6.21 Å². The van der Waals surface area contributed by atoms with Gasteiger partial charge < -0.3 is 5.21 Å².